The first-order valence-corrected chi connectivity index (χ1v) is 10.4. The summed E-state index contributed by atoms with van der Waals surface area (Å²) >= 11 is 9.79. The number of carboxylic acid groups (broad SMARTS) is 1. The van der Waals surface area contributed by atoms with Crippen LogP contribution in [-0.4, -0.2) is 56.6 Å². The van der Waals surface area contributed by atoms with Crippen LogP contribution in [0.1, 0.15) is 19.3 Å². The third kappa shape index (κ3) is 4.36. The number of benzene rings is 1. The second-order valence-electron chi connectivity index (χ2n) is 6.83. The van der Waals surface area contributed by atoms with E-state index in [0.717, 1.165) is 46.3 Å². The second-order valence-corrected chi connectivity index (χ2v) is 8.09. The van der Waals surface area contributed by atoms with E-state index in [4.69, 9.17) is 26.4 Å². The lowest BCUT2D eigenvalue weighted by Crippen LogP contribution is -2.34. The van der Waals surface area contributed by atoms with Crippen molar-refractivity contribution in [2.75, 3.05) is 24.7 Å². The number of halogens is 2. The van der Waals surface area contributed by atoms with E-state index < -0.39 is 5.97 Å². The number of anilines is 1. The molecule has 3 heterocycles. The average molecular weight is 481 g/mol. The number of ether oxygens (including phenoxy) is 1. The predicted octanol–water partition coefficient (Wildman–Crippen LogP) is 3.69. The van der Waals surface area contributed by atoms with Gasteiger partial charge in [0.2, 0.25) is 0 Å². The summed E-state index contributed by atoms with van der Waals surface area (Å²) in [7, 11) is 0. The normalized spacial score (nSPS) is 16.6. The van der Waals surface area contributed by atoms with Gasteiger partial charge in [-0.25, -0.2) is 14.6 Å². The van der Waals surface area contributed by atoms with Gasteiger partial charge in [0.1, 0.15) is 18.5 Å². The van der Waals surface area contributed by atoms with Crippen LogP contribution < -0.4 is 4.90 Å². The van der Waals surface area contributed by atoms with Gasteiger partial charge >= 0.3 is 5.97 Å². The van der Waals surface area contributed by atoms with Gasteiger partial charge in [-0.1, -0.05) is 11.6 Å². The summed E-state index contributed by atoms with van der Waals surface area (Å²) < 4.78 is 8.08. The highest BCUT2D eigenvalue weighted by Gasteiger charge is 2.27. The van der Waals surface area contributed by atoms with Gasteiger partial charge < -0.3 is 14.7 Å². The van der Waals surface area contributed by atoms with Crippen LogP contribution in [0.3, 0.4) is 0 Å². The summed E-state index contributed by atoms with van der Waals surface area (Å²) in [5, 5.41) is 14.5. The number of carboxylic acids is 1. The Morgan fingerprint density at radius 3 is 3.00 bits per heavy atom. The molecule has 0 spiro atoms. The minimum Gasteiger partial charge on any atom is -0.481 e. The van der Waals surface area contributed by atoms with Gasteiger partial charge in [-0.05, 0) is 40.9 Å². The quantitative estimate of drug-likeness (QED) is 0.515. The molecule has 1 aromatic carbocycles. The lowest BCUT2D eigenvalue weighted by molar-refractivity contribution is -0.138. The molecule has 0 radical (unpaired) electrons. The molecule has 0 bridgehead atoms. The van der Waals surface area contributed by atoms with E-state index in [1.165, 1.54) is 6.33 Å². The van der Waals surface area contributed by atoms with Crippen molar-refractivity contribution >= 4 is 50.2 Å². The standard InChI is InChI=1S/C19H19BrClN5O3/c20-14-7-16-13(6-15(14)21)17(26-11-22-10-23-26)8-18(24-16)25-4-1-2-12(25)9-29-5-3-19(27)28/h6-8,10-12H,1-5,9H2,(H,27,28)/t12-/m0/s1. The Morgan fingerprint density at radius 2 is 2.24 bits per heavy atom. The SMILES string of the molecule is O=C(O)CCOC[C@@H]1CCCN1c1cc(-n2cncn2)c2cc(Cl)c(Br)cc2n1. The minimum atomic E-state index is -0.855. The number of pyridine rings is 1. The van der Waals surface area contributed by atoms with Crippen molar-refractivity contribution in [2.24, 2.45) is 0 Å². The fourth-order valence-electron chi connectivity index (χ4n) is 3.55. The largest absolute Gasteiger partial charge is 0.481 e. The molecule has 1 saturated heterocycles. The molecule has 1 N–H and O–H groups in total. The summed E-state index contributed by atoms with van der Waals surface area (Å²) in [6.07, 6.45) is 5.13. The van der Waals surface area contributed by atoms with Gasteiger partial charge in [0.15, 0.2) is 0 Å². The van der Waals surface area contributed by atoms with Crippen LogP contribution in [0.15, 0.2) is 35.3 Å². The third-order valence-electron chi connectivity index (χ3n) is 4.92. The molecule has 10 heteroatoms. The van der Waals surface area contributed by atoms with Crippen LogP contribution in [-0.2, 0) is 9.53 Å². The average Bonchev–Trinajstić information content (AvgIpc) is 3.37. The summed E-state index contributed by atoms with van der Waals surface area (Å²) in [5.41, 5.74) is 1.64. The van der Waals surface area contributed by atoms with Gasteiger partial charge in [0.25, 0.3) is 0 Å². The highest BCUT2D eigenvalue weighted by atomic mass is 79.9. The molecule has 3 aromatic rings. The van der Waals surface area contributed by atoms with Crippen molar-refractivity contribution in [3.63, 3.8) is 0 Å². The zero-order valence-corrected chi connectivity index (χ0v) is 17.8. The van der Waals surface area contributed by atoms with Gasteiger partial charge in [0, 0.05) is 22.5 Å². The van der Waals surface area contributed by atoms with Crippen LogP contribution in [0.5, 0.6) is 0 Å². The van der Waals surface area contributed by atoms with E-state index in [2.05, 4.69) is 30.9 Å². The van der Waals surface area contributed by atoms with E-state index >= 15 is 0 Å². The molecular weight excluding hydrogens is 462 g/mol. The molecule has 0 amide bonds. The molecule has 1 atom stereocenters. The fraction of sp³-hybridized carbons (Fsp3) is 0.368. The van der Waals surface area contributed by atoms with E-state index in [1.807, 2.05) is 18.2 Å². The number of aromatic nitrogens is 4. The van der Waals surface area contributed by atoms with Crippen molar-refractivity contribution in [3.8, 4) is 5.69 Å². The molecule has 0 unspecified atom stereocenters. The molecule has 1 aliphatic rings. The lowest BCUT2D eigenvalue weighted by atomic mass is 10.1. The Kier molecular flexibility index (Phi) is 5.98. The van der Waals surface area contributed by atoms with Crippen molar-refractivity contribution in [3.05, 3.63) is 40.3 Å². The second kappa shape index (κ2) is 8.64. The predicted molar refractivity (Wildman–Crippen MR) is 113 cm³/mol. The number of carbonyl (C=O) groups is 1. The number of nitrogens with zero attached hydrogens (tertiary/aromatic N) is 5. The van der Waals surface area contributed by atoms with Crippen molar-refractivity contribution in [1.29, 1.82) is 0 Å². The Hall–Kier alpha value is -2.23. The van der Waals surface area contributed by atoms with Crippen molar-refractivity contribution < 1.29 is 14.6 Å². The number of hydrogen-bond acceptors (Lipinski definition) is 6. The number of aliphatic carboxylic acids is 1. The van der Waals surface area contributed by atoms with Crippen LogP contribution in [0, 0.1) is 0 Å². The minimum absolute atomic E-state index is 0.00613. The van der Waals surface area contributed by atoms with Crippen molar-refractivity contribution in [1.82, 2.24) is 19.7 Å². The highest BCUT2D eigenvalue weighted by molar-refractivity contribution is 9.10. The Bertz CT molecular complexity index is 1030. The van der Waals surface area contributed by atoms with Crippen LogP contribution in [0.2, 0.25) is 5.02 Å². The maximum atomic E-state index is 10.7. The summed E-state index contributed by atoms with van der Waals surface area (Å²) in [6, 6.07) is 5.89. The summed E-state index contributed by atoms with van der Waals surface area (Å²) in [6.45, 7) is 1.54. The topological polar surface area (TPSA) is 93.4 Å². The molecule has 4 rings (SSSR count). The Balaban J connectivity index is 1.68. The molecule has 1 aliphatic heterocycles. The first kappa shape index (κ1) is 20.1. The molecule has 29 heavy (non-hydrogen) atoms. The molecule has 2 aromatic heterocycles. The first-order chi connectivity index (χ1) is 14.0. The molecule has 152 valence electrons. The highest BCUT2D eigenvalue weighted by Crippen LogP contribution is 2.34. The van der Waals surface area contributed by atoms with Gasteiger partial charge in [0.05, 0.1) is 41.9 Å². The van der Waals surface area contributed by atoms with Gasteiger partial charge in [-0.2, -0.15) is 5.10 Å². The van der Waals surface area contributed by atoms with Crippen molar-refractivity contribution in [2.45, 2.75) is 25.3 Å². The van der Waals surface area contributed by atoms with Crippen LogP contribution in [0.25, 0.3) is 16.6 Å². The van der Waals surface area contributed by atoms with Gasteiger partial charge in [-0.15, -0.1) is 0 Å². The van der Waals surface area contributed by atoms with E-state index in [-0.39, 0.29) is 19.1 Å². The summed E-state index contributed by atoms with van der Waals surface area (Å²) in [4.78, 5) is 21.8. The Morgan fingerprint density at radius 1 is 1.38 bits per heavy atom. The number of hydrogen-bond donors (Lipinski definition) is 1. The maximum Gasteiger partial charge on any atom is 0.305 e. The molecule has 8 nitrogen and oxygen atoms in total. The third-order valence-corrected chi connectivity index (χ3v) is 6.12. The maximum absolute atomic E-state index is 10.7. The monoisotopic (exact) mass is 479 g/mol. The fourth-order valence-corrected chi connectivity index (χ4v) is 4.04. The van der Waals surface area contributed by atoms with Crippen LogP contribution in [0.4, 0.5) is 5.82 Å². The molecule has 0 aliphatic carbocycles. The molecule has 0 saturated carbocycles. The lowest BCUT2D eigenvalue weighted by Gasteiger charge is -2.26. The number of fused-ring (bicyclic) bond motifs is 1. The van der Waals surface area contributed by atoms with Gasteiger partial charge in [-0.3, -0.25) is 4.79 Å². The summed E-state index contributed by atoms with van der Waals surface area (Å²) in [5.74, 6) is -0.0345. The molecule has 1 fully saturated rings. The van der Waals surface area contributed by atoms with E-state index in [1.54, 1.807) is 11.0 Å². The number of rotatable bonds is 7. The van der Waals surface area contributed by atoms with E-state index in [0.29, 0.717) is 11.6 Å². The Labute approximate surface area is 180 Å². The first-order valence-electron chi connectivity index (χ1n) is 9.24. The zero-order valence-electron chi connectivity index (χ0n) is 15.5. The smallest absolute Gasteiger partial charge is 0.305 e. The van der Waals surface area contributed by atoms with Crippen LogP contribution >= 0.6 is 27.5 Å². The van der Waals surface area contributed by atoms with E-state index in [9.17, 15) is 4.79 Å². The molecular formula is C19H19BrClN5O3. The zero-order chi connectivity index (χ0) is 20.4.